The number of pyridine rings is 1. The van der Waals surface area contributed by atoms with Gasteiger partial charge in [-0.15, -0.1) is 0 Å². The van der Waals surface area contributed by atoms with E-state index in [9.17, 15) is 0 Å². The molecule has 0 saturated carbocycles. The molecule has 1 unspecified atom stereocenters. The molecule has 1 aliphatic rings. The first kappa shape index (κ1) is 9.31. The van der Waals surface area contributed by atoms with Gasteiger partial charge in [-0.3, -0.25) is 0 Å². The number of hydrogen-bond donors (Lipinski definition) is 1. The number of nitrogen functional groups attached to an aromatic ring is 1. The molecular weight excluding hydrogens is 174 g/mol. The van der Waals surface area contributed by atoms with Gasteiger partial charge in [-0.2, -0.15) is 0 Å². The SMILES string of the molecule is CC1CCCCN1c1cccc(N)n1. The summed E-state index contributed by atoms with van der Waals surface area (Å²) in [6, 6.07) is 6.44. The van der Waals surface area contributed by atoms with Crippen molar-refractivity contribution in [3.05, 3.63) is 18.2 Å². The van der Waals surface area contributed by atoms with Crippen LogP contribution in [0.25, 0.3) is 0 Å². The molecule has 0 bridgehead atoms. The largest absolute Gasteiger partial charge is 0.384 e. The van der Waals surface area contributed by atoms with Crippen LogP contribution in [0.4, 0.5) is 11.6 Å². The predicted octanol–water partition coefficient (Wildman–Crippen LogP) is 2.04. The lowest BCUT2D eigenvalue weighted by molar-refractivity contribution is 0.481. The zero-order chi connectivity index (χ0) is 9.97. The second-order valence-corrected chi connectivity index (χ2v) is 3.96. The number of nitrogens with two attached hydrogens (primary N) is 1. The van der Waals surface area contributed by atoms with Crippen molar-refractivity contribution in [2.75, 3.05) is 17.2 Å². The van der Waals surface area contributed by atoms with Crippen LogP contribution in [0, 0.1) is 0 Å². The van der Waals surface area contributed by atoms with E-state index in [-0.39, 0.29) is 0 Å². The van der Waals surface area contributed by atoms with E-state index >= 15 is 0 Å². The molecule has 0 aliphatic carbocycles. The Bertz CT molecular complexity index is 311. The molecule has 2 heterocycles. The van der Waals surface area contributed by atoms with Crippen molar-refractivity contribution in [2.45, 2.75) is 32.2 Å². The number of anilines is 2. The molecule has 76 valence electrons. The zero-order valence-corrected chi connectivity index (χ0v) is 8.61. The first-order valence-corrected chi connectivity index (χ1v) is 5.26. The van der Waals surface area contributed by atoms with Gasteiger partial charge in [-0.25, -0.2) is 4.98 Å². The lowest BCUT2D eigenvalue weighted by Gasteiger charge is -2.34. The molecule has 0 aromatic carbocycles. The van der Waals surface area contributed by atoms with Crippen LogP contribution >= 0.6 is 0 Å². The first-order chi connectivity index (χ1) is 6.77. The van der Waals surface area contributed by atoms with E-state index in [1.807, 2.05) is 18.2 Å². The molecule has 2 N–H and O–H groups in total. The summed E-state index contributed by atoms with van der Waals surface area (Å²) in [5.74, 6) is 1.64. The summed E-state index contributed by atoms with van der Waals surface area (Å²) in [6.07, 6.45) is 3.86. The zero-order valence-electron chi connectivity index (χ0n) is 8.61. The Hall–Kier alpha value is -1.25. The van der Waals surface area contributed by atoms with E-state index in [2.05, 4.69) is 16.8 Å². The minimum absolute atomic E-state index is 0.595. The van der Waals surface area contributed by atoms with Crippen LogP contribution in [-0.2, 0) is 0 Å². The highest BCUT2D eigenvalue weighted by molar-refractivity contribution is 5.45. The maximum Gasteiger partial charge on any atom is 0.131 e. The van der Waals surface area contributed by atoms with Crippen molar-refractivity contribution in [3.63, 3.8) is 0 Å². The van der Waals surface area contributed by atoms with Gasteiger partial charge in [0.15, 0.2) is 0 Å². The smallest absolute Gasteiger partial charge is 0.131 e. The van der Waals surface area contributed by atoms with Gasteiger partial charge >= 0.3 is 0 Å². The van der Waals surface area contributed by atoms with Gasteiger partial charge in [0.05, 0.1) is 0 Å². The second-order valence-electron chi connectivity index (χ2n) is 3.96. The summed E-state index contributed by atoms with van der Waals surface area (Å²) in [4.78, 5) is 6.70. The monoisotopic (exact) mass is 191 g/mol. The molecule has 3 heteroatoms. The topological polar surface area (TPSA) is 42.1 Å². The molecule has 1 atom stereocenters. The summed E-state index contributed by atoms with van der Waals surface area (Å²) in [5, 5.41) is 0. The maximum absolute atomic E-state index is 5.67. The quantitative estimate of drug-likeness (QED) is 0.738. The Morgan fingerprint density at radius 3 is 3.00 bits per heavy atom. The van der Waals surface area contributed by atoms with E-state index in [4.69, 9.17) is 5.73 Å². The Balaban J connectivity index is 2.20. The summed E-state index contributed by atoms with van der Waals surface area (Å²) in [6.45, 7) is 3.36. The van der Waals surface area contributed by atoms with Crippen LogP contribution in [0.1, 0.15) is 26.2 Å². The third kappa shape index (κ3) is 1.81. The van der Waals surface area contributed by atoms with Gasteiger partial charge < -0.3 is 10.6 Å². The summed E-state index contributed by atoms with van der Waals surface area (Å²) in [7, 11) is 0. The molecule has 0 amide bonds. The van der Waals surface area contributed by atoms with Crippen molar-refractivity contribution in [2.24, 2.45) is 0 Å². The third-order valence-corrected chi connectivity index (χ3v) is 2.85. The Morgan fingerprint density at radius 1 is 1.43 bits per heavy atom. The van der Waals surface area contributed by atoms with Gasteiger partial charge in [0.2, 0.25) is 0 Å². The van der Waals surface area contributed by atoms with Gasteiger partial charge in [-0.05, 0) is 38.3 Å². The second kappa shape index (κ2) is 3.86. The van der Waals surface area contributed by atoms with Crippen molar-refractivity contribution in [1.29, 1.82) is 0 Å². The van der Waals surface area contributed by atoms with Crippen LogP contribution in [0.5, 0.6) is 0 Å². The van der Waals surface area contributed by atoms with Crippen LogP contribution in [0.3, 0.4) is 0 Å². The number of nitrogens with zero attached hydrogens (tertiary/aromatic N) is 2. The summed E-state index contributed by atoms with van der Waals surface area (Å²) in [5.41, 5.74) is 5.67. The highest BCUT2D eigenvalue weighted by atomic mass is 15.2. The van der Waals surface area contributed by atoms with E-state index in [0.29, 0.717) is 11.9 Å². The Morgan fingerprint density at radius 2 is 2.29 bits per heavy atom. The minimum atomic E-state index is 0.595. The van der Waals surface area contributed by atoms with Crippen molar-refractivity contribution in [3.8, 4) is 0 Å². The molecule has 0 radical (unpaired) electrons. The van der Waals surface area contributed by atoms with Gasteiger partial charge in [0.25, 0.3) is 0 Å². The van der Waals surface area contributed by atoms with Crippen molar-refractivity contribution < 1.29 is 0 Å². The molecule has 1 aliphatic heterocycles. The molecule has 2 rings (SSSR count). The fourth-order valence-electron chi connectivity index (χ4n) is 2.04. The minimum Gasteiger partial charge on any atom is -0.384 e. The Labute approximate surface area is 84.9 Å². The third-order valence-electron chi connectivity index (χ3n) is 2.85. The molecule has 1 saturated heterocycles. The molecule has 3 nitrogen and oxygen atoms in total. The van der Waals surface area contributed by atoms with Crippen molar-refractivity contribution >= 4 is 11.6 Å². The summed E-state index contributed by atoms with van der Waals surface area (Å²) >= 11 is 0. The average molecular weight is 191 g/mol. The highest BCUT2D eigenvalue weighted by Crippen LogP contribution is 2.23. The van der Waals surface area contributed by atoms with Crippen molar-refractivity contribution in [1.82, 2.24) is 4.98 Å². The molecule has 0 spiro atoms. The number of rotatable bonds is 1. The van der Waals surface area contributed by atoms with Gasteiger partial charge in [0, 0.05) is 12.6 Å². The number of aromatic nitrogens is 1. The fraction of sp³-hybridized carbons (Fsp3) is 0.545. The van der Waals surface area contributed by atoms with E-state index in [1.165, 1.54) is 19.3 Å². The average Bonchev–Trinajstić information content (AvgIpc) is 2.18. The standard InChI is InChI=1S/C11H17N3/c1-9-5-2-3-8-14(9)11-7-4-6-10(12)13-11/h4,6-7,9H,2-3,5,8H2,1H3,(H2,12,13). The van der Waals surface area contributed by atoms with Crippen LogP contribution in [0.15, 0.2) is 18.2 Å². The molecule has 14 heavy (non-hydrogen) atoms. The Kier molecular flexibility index (Phi) is 2.57. The van der Waals surface area contributed by atoms with Gasteiger partial charge in [0.1, 0.15) is 11.6 Å². The van der Waals surface area contributed by atoms with Crippen LogP contribution in [-0.4, -0.2) is 17.6 Å². The molecule has 1 fully saturated rings. The van der Waals surface area contributed by atoms with E-state index in [0.717, 1.165) is 12.4 Å². The van der Waals surface area contributed by atoms with E-state index < -0.39 is 0 Å². The number of piperidine rings is 1. The predicted molar refractivity (Wildman–Crippen MR) is 59.3 cm³/mol. The molecule has 1 aromatic rings. The lowest BCUT2D eigenvalue weighted by atomic mass is 10.0. The van der Waals surface area contributed by atoms with Crippen LogP contribution in [0.2, 0.25) is 0 Å². The fourth-order valence-corrected chi connectivity index (χ4v) is 2.04. The lowest BCUT2D eigenvalue weighted by Crippen LogP contribution is -2.37. The van der Waals surface area contributed by atoms with Crippen LogP contribution < -0.4 is 10.6 Å². The normalized spacial score (nSPS) is 22.4. The molecular formula is C11H17N3. The maximum atomic E-state index is 5.67. The molecule has 1 aromatic heterocycles. The first-order valence-electron chi connectivity index (χ1n) is 5.26. The number of hydrogen-bond acceptors (Lipinski definition) is 3. The highest BCUT2D eigenvalue weighted by Gasteiger charge is 2.19. The van der Waals surface area contributed by atoms with Gasteiger partial charge in [-0.1, -0.05) is 6.07 Å². The summed E-state index contributed by atoms with van der Waals surface area (Å²) < 4.78 is 0. The van der Waals surface area contributed by atoms with E-state index in [1.54, 1.807) is 0 Å².